The largest absolute Gasteiger partial charge is 0.481 e. The van der Waals surface area contributed by atoms with Gasteiger partial charge in [0.05, 0.1) is 31.3 Å². The molecule has 0 unspecified atom stereocenters. The predicted molar refractivity (Wildman–Crippen MR) is 129 cm³/mol. The van der Waals surface area contributed by atoms with E-state index in [1.54, 1.807) is 43.6 Å². The molecule has 1 aliphatic carbocycles. The minimum Gasteiger partial charge on any atom is -0.481 e. The molecule has 5 aromatic rings. The number of methoxy groups -OCH3 is 2. The average Bonchev–Trinajstić information content (AvgIpc) is 3.50. The van der Waals surface area contributed by atoms with Crippen LogP contribution in [0.25, 0.3) is 28.2 Å². The van der Waals surface area contributed by atoms with Crippen molar-refractivity contribution in [2.24, 2.45) is 0 Å². The molecular weight excluding hydrogens is 501 g/mol. The highest BCUT2D eigenvalue weighted by Gasteiger charge is 2.35. The van der Waals surface area contributed by atoms with Crippen molar-refractivity contribution in [1.82, 2.24) is 29.7 Å². The molecule has 1 aliphatic rings. The zero-order valence-electron chi connectivity index (χ0n) is 20.4. The Morgan fingerprint density at radius 2 is 1.82 bits per heavy atom. The predicted octanol–water partition coefficient (Wildman–Crippen LogP) is 5.37. The molecule has 0 spiro atoms. The Morgan fingerprint density at radius 3 is 2.50 bits per heavy atom. The highest BCUT2D eigenvalue weighted by Crippen LogP contribution is 2.45. The van der Waals surface area contributed by atoms with Crippen LogP contribution in [0.3, 0.4) is 0 Å². The van der Waals surface area contributed by atoms with E-state index in [-0.39, 0.29) is 5.88 Å². The summed E-state index contributed by atoms with van der Waals surface area (Å²) in [5, 5.41) is 3.66. The molecule has 0 N–H and O–H groups in total. The molecule has 0 radical (unpaired) electrons. The second kappa shape index (κ2) is 9.12. The van der Waals surface area contributed by atoms with Crippen molar-refractivity contribution < 1.29 is 27.1 Å². The van der Waals surface area contributed by atoms with E-state index in [9.17, 15) is 13.2 Å². The number of ether oxygens (including phenoxy) is 2. The normalized spacial score (nSPS) is 13.7. The Kier molecular flexibility index (Phi) is 5.73. The summed E-state index contributed by atoms with van der Waals surface area (Å²) in [6, 6.07) is 9.56. The van der Waals surface area contributed by atoms with Gasteiger partial charge < -0.3 is 13.9 Å². The lowest BCUT2D eigenvalue weighted by Gasteiger charge is -2.08. The van der Waals surface area contributed by atoms with Gasteiger partial charge in [0.2, 0.25) is 17.7 Å². The number of nitrogens with zero attached hydrogens (tertiary/aromatic N) is 6. The van der Waals surface area contributed by atoms with Gasteiger partial charge in [0, 0.05) is 24.6 Å². The molecule has 4 heterocycles. The number of rotatable bonds is 7. The summed E-state index contributed by atoms with van der Waals surface area (Å²) in [7, 11) is 2.84. The van der Waals surface area contributed by atoms with Gasteiger partial charge in [0.25, 0.3) is 0 Å². The van der Waals surface area contributed by atoms with Crippen LogP contribution in [-0.2, 0) is 12.6 Å². The summed E-state index contributed by atoms with van der Waals surface area (Å²) in [5.74, 6) is 1.08. The summed E-state index contributed by atoms with van der Waals surface area (Å²) in [6.07, 6.45) is 1.06. The Labute approximate surface area is 214 Å². The van der Waals surface area contributed by atoms with Gasteiger partial charge in [-0.1, -0.05) is 12.1 Å². The van der Waals surface area contributed by atoms with Gasteiger partial charge in [-0.15, -0.1) is 0 Å². The monoisotopic (exact) mass is 522 g/mol. The Morgan fingerprint density at radius 1 is 1.03 bits per heavy atom. The Bertz CT molecular complexity index is 1620. The van der Waals surface area contributed by atoms with Gasteiger partial charge in [-0.25, -0.2) is 19.6 Å². The number of fused-ring (bicyclic) bond motifs is 1. The van der Waals surface area contributed by atoms with Crippen LogP contribution in [0.2, 0.25) is 0 Å². The molecule has 1 aromatic carbocycles. The van der Waals surface area contributed by atoms with Gasteiger partial charge in [-0.2, -0.15) is 18.3 Å². The highest BCUT2D eigenvalue weighted by molar-refractivity contribution is 5.79. The molecule has 38 heavy (non-hydrogen) atoms. The van der Waals surface area contributed by atoms with Crippen LogP contribution in [0.4, 0.5) is 13.2 Å². The van der Waals surface area contributed by atoms with E-state index >= 15 is 0 Å². The third-order valence-corrected chi connectivity index (χ3v) is 6.32. The summed E-state index contributed by atoms with van der Waals surface area (Å²) in [6.45, 7) is 0. The third-order valence-electron chi connectivity index (χ3n) is 6.32. The van der Waals surface area contributed by atoms with Gasteiger partial charge in [0.15, 0.2) is 11.3 Å². The lowest BCUT2D eigenvalue weighted by atomic mass is 10.1. The molecule has 1 saturated carbocycles. The van der Waals surface area contributed by atoms with Crippen LogP contribution in [0, 0.1) is 0 Å². The molecule has 12 heteroatoms. The second-order valence-corrected chi connectivity index (χ2v) is 8.87. The molecule has 9 nitrogen and oxygen atoms in total. The van der Waals surface area contributed by atoms with Crippen LogP contribution in [0.5, 0.6) is 11.8 Å². The van der Waals surface area contributed by atoms with Crippen molar-refractivity contribution in [3.05, 3.63) is 71.6 Å². The Hall–Kier alpha value is -4.48. The fourth-order valence-corrected chi connectivity index (χ4v) is 4.33. The van der Waals surface area contributed by atoms with Crippen LogP contribution >= 0.6 is 0 Å². The van der Waals surface area contributed by atoms with E-state index in [1.807, 2.05) is 0 Å². The lowest BCUT2D eigenvalue weighted by molar-refractivity contribution is -0.141. The lowest BCUT2D eigenvalue weighted by Crippen LogP contribution is -2.07. The van der Waals surface area contributed by atoms with Gasteiger partial charge >= 0.3 is 6.18 Å². The first-order valence-electron chi connectivity index (χ1n) is 11.8. The molecule has 194 valence electrons. The minimum atomic E-state index is -4.58. The molecule has 0 saturated heterocycles. The smallest absolute Gasteiger partial charge is 0.435 e. The van der Waals surface area contributed by atoms with E-state index in [1.165, 1.54) is 13.4 Å². The first kappa shape index (κ1) is 23.9. The van der Waals surface area contributed by atoms with Crippen molar-refractivity contribution in [2.45, 2.75) is 31.4 Å². The maximum absolute atomic E-state index is 13.1. The highest BCUT2D eigenvalue weighted by atomic mass is 19.4. The maximum Gasteiger partial charge on any atom is 0.435 e. The number of halogens is 3. The zero-order chi connectivity index (χ0) is 26.4. The number of hydrogen-bond acceptors (Lipinski definition) is 8. The molecular formula is C26H21F3N6O3. The molecule has 6 rings (SSSR count). The summed E-state index contributed by atoms with van der Waals surface area (Å²) in [5.41, 5.74) is 3.60. The van der Waals surface area contributed by atoms with Gasteiger partial charge in [0.1, 0.15) is 17.4 Å². The Balaban J connectivity index is 1.32. The molecule has 0 bridgehead atoms. The average molecular weight is 522 g/mol. The number of hydrogen-bond donors (Lipinski definition) is 0. The number of aromatic nitrogens is 6. The van der Waals surface area contributed by atoms with Crippen molar-refractivity contribution in [1.29, 1.82) is 0 Å². The first-order valence-corrected chi connectivity index (χ1v) is 11.8. The SMILES string of the molecule is COc1ncnc(C2CC2)c1-c1nc2ccnc(Cc3ccc(-n4nc(C(F)(F)F)cc4OC)cc3)c2o1. The topological polar surface area (TPSA) is 101 Å². The molecule has 0 aliphatic heterocycles. The van der Waals surface area contributed by atoms with E-state index < -0.39 is 11.9 Å². The van der Waals surface area contributed by atoms with E-state index in [2.05, 4.69) is 25.0 Å². The third kappa shape index (κ3) is 4.31. The van der Waals surface area contributed by atoms with Gasteiger partial charge in [-0.3, -0.25) is 4.98 Å². The van der Waals surface area contributed by atoms with E-state index in [0.717, 1.165) is 34.8 Å². The molecule has 0 atom stereocenters. The number of benzene rings is 1. The summed E-state index contributed by atoms with van der Waals surface area (Å²) < 4.78 is 57.2. The molecule has 0 amide bonds. The van der Waals surface area contributed by atoms with Crippen molar-refractivity contribution in [3.8, 4) is 28.9 Å². The zero-order valence-corrected chi connectivity index (χ0v) is 20.4. The second-order valence-electron chi connectivity index (χ2n) is 8.87. The summed E-state index contributed by atoms with van der Waals surface area (Å²) >= 11 is 0. The van der Waals surface area contributed by atoms with Gasteiger partial charge in [-0.05, 0) is 36.6 Å². The van der Waals surface area contributed by atoms with Crippen LogP contribution < -0.4 is 9.47 Å². The quantitative estimate of drug-likeness (QED) is 0.281. The van der Waals surface area contributed by atoms with Crippen LogP contribution in [0.1, 0.15) is 41.4 Å². The number of oxazole rings is 1. The van der Waals surface area contributed by atoms with Crippen LogP contribution in [-0.4, -0.2) is 43.9 Å². The molecule has 4 aromatic heterocycles. The van der Waals surface area contributed by atoms with Crippen molar-refractivity contribution in [2.75, 3.05) is 14.2 Å². The minimum absolute atomic E-state index is 0.0171. The van der Waals surface area contributed by atoms with Crippen LogP contribution in [0.15, 0.2) is 53.3 Å². The number of alkyl halides is 3. The maximum atomic E-state index is 13.1. The standard InChI is InChI=1S/C26H21F3N6O3/c1-36-20-12-19(26(27,28)29)34-35(20)16-7-3-14(4-8-16)11-18-23-17(9-10-30-18)33-25(38-23)21-22(15-5-6-15)31-13-32-24(21)37-2/h3-4,7-10,12-13,15H,5-6,11H2,1-2H3. The van der Waals surface area contributed by atoms with Crippen molar-refractivity contribution in [3.63, 3.8) is 0 Å². The van der Waals surface area contributed by atoms with E-state index in [0.29, 0.717) is 52.2 Å². The molecule has 1 fully saturated rings. The van der Waals surface area contributed by atoms with Crippen molar-refractivity contribution >= 4 is 11.1 Å². The fourth-order valence-electron chi connectivity index (χ4n) is 4.33. The number of pyridine rings is 1. The summed E-state index contributed by atoms with van der Waals surface area (Å²) in [4.78, 5) is 17.9. The first-order chi connectivity index (χ1) is 18.4. The fraction of sp³-hybridized carbons (Fsp3) is 0.269. The van der Waals surface area contributed by atoms with E-state index in [4.69, 9.17) is 13.9 Å².